The first-order chi connectivity index (χ1) is 10.6. The molecule has 0 saturated carbocycles. The number of nitrogens with one attached hydrogen (secondary N) is 2. The lowest BCUT2D eigenvalue weighted by atomic mass is 10.1. The van der Waals surface area contributed by atoms with Gasteiger partial charge in [0.1, 0.15) is 0 Å². The first-order valence-corrected chi connectivity index (χ1v) is 7.91. The number of carbonyl (C=O) groups excluding carboxylic acids is 1. The van der Waals surface area contributed by atoms with Gasteiger partial charge in [0.25, 0.3) is 0 Å². The Hall–Kier alpha value is -2.34. The molecule has 3 aromatic rings. The number of carbonyl (C=O) groups is 1. The van der Waals surface area contributed by atoms with E-state index in [1.807, 2.05) is 44.2 Å². The van der Waals surface area contributed by atoms with Crippen LogP contribution in [0.4, 0.5) is 5.69 Å². The van der Waals surface area contributed by atoms with Crippen LogP contribution in [0.15, 0.2) is 41.7 Å². The quantitative estimate of drug-likeness (QED) is 0.725. The zero-order valence-corrected chi connectivity index (χ0v) is 13.2. The molecule has 112 valence electrons. The third kappa shape index (κ3) is 3.28. The smallest absolute Gasteiger partial charge is 0.234 e. The molecule has 22 heavy (non-hydrogen) atoms. The number of imidazole rings is 1. The first-order valence-electron chi connectivity index (χ1n) is 6.92. The molecule has 0 aliphatic rings. The van der Waals surface area contributed by atoms with Gasteiger partial charge in [-0.15, -0.1) is 0 Å². The number of thioether (sulfide) groups is 1. The van der Waals surface area contributed by atoms with Crippen molar-refractivity contribution in [2.75, 3.05) is 11.1 Å². The van der Waals surface area contributed by atoms with Crippen LogP contribution in [0.3, 0.4) is 0 Å². The number of rotatable bonds is 4. The van der Waals surface area contributed by atoms with Gasteiger partial charge in [0, 0.05) is 11.9 Å². The summed E-state index contributed by atoms with van der Waals surface area (Å²) in [6.45, 7) is 3.98. The number of anilines is 1. The molecule has 0 atom stereocenters. The molecule has 0 unspecified atom stereocenters. The van der Waals surface area contributed by atoms with Crippen molar-refractivity contribution in [1.29, 1.82) is 0 Å². The maximum absolute atomic E-state index is 12.1. The molecule has 2 aromatic heterocycles. The maximum Gasteiger partial charge on any atom is 0.234 e. The summed E-state index contributed by atoms with van der Waals surface area (Å²) in [5, 5.41) is 3.64. The SMILES string of the molecule is Cc1ccc(C)c(NC(=O)CSc2nc3ncccc3[nH]2)c1. The van der Waals surface area contributed by atoms with E-state index in [0.29, 0.717) is 16.6 Å². The van der Waals surface area contributed by atoms with E-state index in [2.05, 4.69) is 20.3 Å². The van der Waals surface area contributed by atoms with E-state index in [-0.39, 0.29) is 5.91 Å². The minimum atomic E-state index is -0.0490. The Bertz CT molecular complexity index is 795. The van der Waals surface area contributed by atoms with Gasteiger partial charge in [-0.05, 0) is 43.2 Å². The third-order valence-corrected chi connectivity index (χ3v) is 4.12. The average Bonchev–Trinajstić information content (AvgIpc) is 2.92. The highest BCUT2D eigenvalue weighted by Crippen LogP contribution is 2.20. The van der Waals surface area contributed by atoms with Crippen LogP contribution >= 0.6 is 11.8 Å². The molecule has 3 rings (SSSR count). The molecule has 0 saturated heterocycles. The summed E-state index contributed by atoms with van der Waals surface area (Å²) in [6, 6.07) is 9.77. The Labute approximate surface area is 132 Å². The number of H-pyrrole nitrogens is 1. The Balaban J connectivity index is 1.63. The molecule has 0 radical (unpaired) electrons. The first kappa shape index (κ1) is 14.6. The predicted octanol–water partition coefficient (Wildman–Crippen LogP) is 3.31. The van der Waals surface area contributed by atoms with Crippen LogP contribution in [-0.2, 0) is 4.79 Å². The van der Waals surface area contributed by atoms with Gasteiger partial charge in [0.2, 0.25) is 5.91 Å². The number of pyridine rings is 1. The van der Waals surface area contributed by atoms with E-state index in [9.17, 15) is 4.79 Å². The summed E-state index contributed by atoms with van der Waals surface area (Å²) in [7, 11) is 0. The number of amides is 1. The van der Waals surface area contributed by atoms with E-state index >= 15 is 0 Å². The lowest BCUT2D eigenvalue weighted by Crippen LogP contribution is -2.15. The van der Waals surface area contributed by atoms with Crippen LogP contribution in [0.25, 0.3) is 11.2 Å². The maximum atomic E-state index is 12.1. The van der Waals surface area contributed by atoms with E-state index in [4.69, 9.17) is 0 Å². The Morgan fingerprint density at radius 1 is 1.32 bits per heavy atom. The standard InChI is InChI=1S/C16H16N4OS/c1-10-5-6-11(2)13(8-10)18-14(21)9-22-16-19-12-4-3-7-17-15(12)20-16/h3-8H,9H2,1-2H3,(H,18,21)(H,17,19,20). The van der Waals surface area contributed by atoms with Crippen molar-refractivity contribution in [2.24, 2.45) is 0 Å². The van der Waals surface area contributed by atoms with Crippen molar-refractivity contribution >= 4 is 34.5 Å². The van der Waals surface area contributed by atoms with Crippen LogP contribution in [0.2, 0.25) is 0 Å². The number of fused-ring (bicyclic) bond motifs is 1. The number of benzene rings is 1. The Morgan fingerprint density at radius 3 is 3.00 bits per heavy atom. The van der Waals surface area contributed by atoms with Crippen molar-refractivity contribution in [1.82, 2.24) is 15.0 Å². The summed E-state index contributed by atoms with van der Waals surface area (Å²) in [5.41, 5.74) is 4.57. The van der Waals surface area contributed by atoms with E-state index < -0.39 is 0 Å². The van der Waals surface area contributed by atoms with E-state index in [1.165, 1.54) is 11.8 Å². The molecule has 0 aliphatic carbocycles. The molecule has 0 bridgehead atoms. The molecule has 0 spiro atoms. The largest absolute Gasteiger partial charge is 0.332 e. The molecule has 6 heteroatoms. The number of aromatic amines is 1. The average molecular weight is 312 g/mol. The van der Waals surface area contributed by atoms with Crippen LogP contribution in [-0.4, -0.2) is 26.6 Å². The minimum absolute atomic E-state index is 0.0490. The number of aromatic nitrogens is 3. The molecular formula is C16H16N4OS. The molecule has 0 fully saturated rings. The highest BCUT2D eigenvalue weighted by Gasteiger charge is 2.09. The Kier molecular flexibility index (Phi) is 4.11. The van der Waals surface area contributed by atoms with Crippen molar-refractivity contribution in [2.45, 2.75) is 19.0 Å². The zero-order chi connectivity index (χ0) is 15.5. The number of aryl methyl sites for hydroxylation is 2. The van der Waals surface area contributed by atoms with Crippen LogP contribution in [0.1, 0.15) is 11.1 Å². The van der Waals surface area contributed by atoms with Crippen LogP contribution < -0.4 is 5.32 Å². The van der Waals surface area contributed by atoms with Crippen molar-refractivity contribution in [3.63, 3.8) is 0 Å². The summed E-state index contributed by atoms with van der Waals surface area (Å²) in [5.74, 6) is 0.250. The van der Waals surface area contributed by atoms with Crippen molar-refractivity contribution in [3.05, 3.63) is 47.7 Å². The second-order valence-corrected chi connectivity index (χ2v) is 6.04. The van der Waals surface area contributed by atoms with Crippen LogP contribution in [0.5, 0.6) is 0 Å². The predicted molar refractivity (Wildman–Crippen MR) is 89.2 cm³/mol. The minimum Gasteiger partial charge on any atom is -0.332 e. The Morgan fingerprint density at radius 2 is 2.18 bits per heavy atom. The summed E-state index contributed by atoms with van der Waals surface area (Å²) < 4.78 is 0. The van der Waals surface area contributed by atoms with Gasteiger partial charge >= 0.3 is 0 Å². The molecule has 1 aromatic carbocycles. The number of hydrogen-bond acceptors (Lipinski definition) is 4. The van der Waals surface area contributed by atoms with Gasteiger partial charge in [-0.1, -0.05) is 23.9 Å². The summed E-state index contributed by atoms with van der Waals surface area (Å²) in [4.78, 5) is 23.7. The lowest BCUT2D eigenvalue weighted by Gasteiger charge is -2.08. The van der Waals surface area contributed by atoms with Crippen molar-refractivity contribution in [3.8, 4) is 0 Å². The fraction of sp³-hybridized carbons (Fsp3) is 0.188. The van der Waals surface area contributed by atoms with Crippen LogP contribution in [0, 0.1) is 13.8 Å². The molecule has 2 N–H and O–H groups in total. The summed E-state index contributed by atoms with van der Waals surface area (Å²) >= 11 is 1.36. The van der Waals surface area contributed by atoms with Gasteiger partial charge in [-0.2, -0.15) is 0 Å². The highest BCUT2D eigenvalue weighted by molar-refractivity contribution is 7.99. The van der Waals surface area contributed by atoms with E-state index in [0.717, 1.165) is 22.3 Å². The molecule has 1 amide bonds. The normalized spacial score (nSPS) is 10.8. The highest BCUT2D eigenvalue weighted by atomic mass is 32.2. The van der Waals surface area contributed by atoms with Crippen molar-refractivity contribution < 1.29 is 4.79 Å². The van der Waals surface area contributed by atoms with Gasteiger partial charge in [-0.3, -0.25) is 4.79 Å². The van der Waals surface area contributed by atoms with Gasteiger partial charge < -0.3 is 10.3 Å². The molecule has 0 aliphatic heterocycles. The van der Waals surface area contributed by atoms with Gasteiger partial charge in [0.15, 0.2) is 10.8 Å². The molecular weight excluding hydrogens is 296 g/mol. The topological polar surface area (TPSA) is 70.7 Å². The fourth-order valence-electron chi connectivity index (χ4n) is 2.08. The van der Waals surface area contributed by atoms with Gasteiger partial charge in [-0.25, -0.2) is 9.97 Å². The second kappa shape index (κ2) is 6.19. The molecule has 2 heterocycles. The third-order valence-electron chi connectivity index (χ3n) is 3.24. The number of hydrogen-bond donors (Lipinski definition) is 2. The number of nitrogens with zero attached hydrogens (tertiary/aromatic N) is 2. The monoisotopic (exact) mass is 312 g/mol. The second-order valence-electron chi connectivity index (χ2n) is 5.07. The fourth-order valence-corrected chi connectivity index (χ4v) is 2.76. The molecule has 5 nitrogen and oxygen atoms in total. The summed E-state index contributed by atoms with van der Waals surface area (Å²) in [6.07, 6.45) is 1.70. The van der Waals surface area contributed by atoms with E-state index in [1.54, 1.807) is 6.20 Å². The lowest BCUT2D eigenvalue weighted by molar-refractivity contribution is -0.113. The zero-order valence-electron chi connectivity index (χ0n) is 12.4. The van der Waals surface area contributed by atoms with Gasteiger partial charge in [0.05, 0.1) is 11.3 Å².